The molecule has 2 aromatic carbocycles. The Balaban J connectivity index is 1.63. The first-order valence-electron chi connectivity index (χ1n) is 7.82. The maximum atomic E-state index is 4.37. The van der Waals surface area contributed by atoms with E-state index in [4.69, 9.17) is 0 Å². The number of fused-ring (bicyclic) bond motifs is 1. The van der Waals surface area contributed by atoms with Crippen LogP contribution in [0.15, 0.2) is 71.6 Å². The normalized spacial score (nSPS) is 17.9. The van der Waals surface area contributed by atoms with Gasteiger partial charge in [0.2, 0.25) is 0 Å². The van der Waals surface area contributed by atoms with Crippen molar-refractivity contribution in [3.05, 3.63) is 88.4 Å². The maximum Gasteiger partial charge on any atom is 0.0954 e. The minimum atomic E-state index is 0.318. The van der Waals surface area contributed by atoms with Crippen LogP contribution in [0.2, 0.25) is 0 Å². The molecule has 3 nitrogen and oxygen atoms in total. The fourth-order valence-corrected chi connectivity index (χ4v) is 3.54. The SMILES string of the molecule is Brc1ccc(C2CN(Cc3ccccc3)Cc3cncn32)cc1. The van der Waals surface area contributed by atoms with Gasteiger partial charge in [-0.1, -0.05) is 58.4 Å². The van der Waals surface area contributed by atoms with E-state index in [9.17, 15) is 0 Å². The van der Waals surface area contributed by atoms with E-state index in [1.54, 1.807) is 0 Å². The van der Waals surface area contributed by atoms with E-state index in [0.29, 0.717) is 6.04 Å². The van der Waals surface area contributed by atoms with E-state index < -0.39 is 0 Å². The number of benzene rings is 2. The molecule has 0 radical (unpaired) electrons. The van der Waals surface area contributed by atoms with E-state index >= 15 is 0 Å². The van der Waals surface area contributed by atoms with Crippen molar-refractivity contribution in [3.63, 3.8) is 0 Å². The van der Waals surface area contributed by atoms with Crippen molar-refractivity contribution in [2.45, 2.75) is 19.1 Å². The average molecular weight is 368 g/mol. The third kappa shape index (κ3) is 3.09. The molecule has 1 aliphatic heterocycles. The molecule has 4 heteroatoms. The Morgan fingerprint density at radius 3 is 2.61 bits per heavy atom. The molecule has 1 unspecified atom stereocenters. The summed E-state index contributed by atoms with van der Waals surface area (Å²) < 4.78 is 3.43. The average Bonchev–Trinajstić information content (AvgIpc) is 3.04. The van der Waals surface area contributed by atoms with E-state index in [-0.39, 0.29) is 0 Å². The zero-order valence-corrected chi connectivity index (χ0v) is 14.4. The minimum absolute atomic E-state index is 0.318. The molecular formula is C19H18BrN3. The Morgan fingerprint density at radius 1 is 1.04 bits per heavy atom. The number of hydrogen-bond acceptors (Lipinski definition) is 2. The van der Waals surface area contributed by atoms with Crippen LogP contribution >= 0.6 is 15.9 Å². The summed E-state index contributed by atoms with van der Waals surface area (Å²) in [6.45, 7) is 2.92. The second-order valence-corrected chi connectivity index (χ2v) is 6.93. The zero-order chi connectivity index (χ0) is 15.6. The van der Waals surface area contributed by atoms with Crippen molar-refractivity contribution in [2.75, 3.05) is 6.54 Å². The van der Waals surface area contributed by atoms with Gasteiger partial charge in [0.25, 0.3) is 0 Å². The molecule has 0 aliphatic carbocycles. The molecule has 0 spiro atoms. The lowest BCUT2D eigenvalue weighted by atomic mass is 10.0. The van der Waals surface area contributed by atoms with Crippen LogP contribution in [0.4, 0.5) is 0 Å². The first kappa shape index (κ1) is 14.7. The molecule has 0 saturated carbocycles. The first-order valence-corrected chi connectivity index (χ1v) is 8.61. The molecular weight excluding hydrogens is 350 g/mol. The summed E-state index contributed by atoms with van der Waals surface area (Å²) in [5.41, 5.74) is 3.96. The van der Waals surface area contributed by atoms with Gasteiger partial charge >= 0.3 is 0 Å². The van der Waals surface area contributed by atoms with Gasteiger partial charge in [-0.3, -0.25) is 4.90 Å². The second-order valence-electron chi connectivity index (χ2n) is 6.01. The molecule has 2 heterocycles. The zero-order valence-electron chi connectivity index (χ0n) is 12.8. The Labute approximate surface area is 144 Å². The number of hydrogen-bond donors (Lipinski definition) is 0. The van der Waals surface area contributed by atoms with Gasteiger partial charge in [0.05, 0.1) is 18.1 Å². The topological polar surface area (TPSA) is 21.1 Å². The lowest BCUT2D eigenvalue weighted by molar-refractivity contribution is 0.193. The fourth-order valence-electron chi connectivity index (χ4n) is 3.27. The van der Waals surface area contributed by atoms with E-state index in [2.05, 4.69) is 85.0 Å². The molecule has 3 aromatic rings. The van der Waals surface area contributed by atoms with Gasteiger partial charge in [0.1, 0.15) is 0 Å². The molecule has 0 N–H and O–H groups in total. The van der Waals surface area contributed by atoms with E-state index in [0.717, 1.165) is 24.1 Å². The quantitative estimate of drug-likeness (QED) is 0.689. The standard InChI is InChI=1S/C19H18BrN3/c20-17-8-6-16(7-9-17)19-13-22(11-15-4-2-1-3-5-15)12-18-10-21-14-23(18)19/h1-10,14,19H,11-13H2. The van der Waals surface area contributed by atoms with Crippen LogP contribution in [0.1, 0.15) is 22.9 Å². The van der Waals surface area contributed by atoms with Crippen LogP contribution in [-0.4, -0.2) is 21.0 Å². The Hall–Kier alpha value is -1.91. The van der Waals surface area contributed by atoms with Gasteiger partial charge < -0.3 is 4.57 Å². The highest BCUT2D eigenvalue weighted by Gasteiger charge is 2.26. The predicted octanol–water partition coefficient (Wildman–Crippen LogP) is 4.25. The Kier molecular flexibility index (Phi) is 4.02. The van der Waals surface area contributed by atoms with Crippen molar-refractivity contribution in [3.8, 4) is 0 Å². The number of aromatic nitrogens is 2. The summed E-state index contributed by atoms with van der Waals surface area (Å²) in [4.78, 5) is 6.86. The van der Waals surface area contributed by atoms with Gasteiger partial charge in [-0.25, -0.2) is 4.98 Å². The van der Waals surface area contributed by atoms with Gasteiger partial charge in [-0.2, -0.15) is 0 Å². The smallest absolute Gasteiger partial charge is 0.0954 e. The van der Waals surface area contributed by atoms with Crippen LogP contribution in [0.5, 0.6) is 0 Å². The van der Waals surface area contributed by atoms with Crippen LogP contribution < -0.4 is 0 Å². The Bertz CT molecular complexity index is 780. The van der Waals surface area contributed by atoms with Crippen LogP contribution in [0.3, 0.4) is 0 Å². The summed E-state index contributed by atoms with van der Waals surface area (Å²) in [5.74, 6) is 0. The molecule has 0 fully saturated rings. The molecule has 0 amide bonds. The highest BCUT2D eigenvalue weighted by atomic mass is 79.9. The molecule has 0 saturated heterocycles. The number of imidazole rings is 1. The second kappa shape index (κ2) is 6.30. The lowest BCUT2D eigenvalue weighted by Crippen LogP contribution is -2.36. The van der Waals surface area contributed by atoms with Crippen molar-refractivity contribution in [1.29, 1.82) is 0 Å². The molecule has 1 aromatic heterocycles. The molecule has 1 atom stereocenters. The number of halogens is 1. The van der Waals surface area contributed by atoms with Crippen molar-refractivity contribution in [1.82, 2.24) is 14.5 Å². The predicted molar refractivity (Wildman–Crippen MR) is 95.1 cm³/mol. The largest absolute Gasteiger partial charge is 0.325 e. The highest BCUT2D eigenvalue weighted by molar-refractivity contribution is 9.10. The van der Waals surface area contributed by atoms with Crippen LogP contribution in [0, 0.1) is 0 Å². The maximum absolute atomic E-state index is 4.37. The number of rotatable bonds is 3. The molecule has 1 aliphatic rings. The van der Waals surface area contributed by atoms with E-state index in [1.165, 1.54) is 16.8 Å². The summed E-state index contributed by atoms with van der Waals surface area (Å²) in [6.07, 6.45) is 3.95. The van der Waals surface area contributed by atoms with Gasteiger partial charge in [0.15, 0.2) is 0 Å². The molecule has 0 bridgehead atoms. The van der Waals surface area contributed by atoms with E-state index in [1.807, 2.05) is 12.5 Å². The lowest BCUT2D eigenvalue weighted by Gasteiger charge is -2.34. The summed E-state index contributed by atoms with van der Waals surface area (Å²) in [7, 11) is 0. The Morgan fingerprint density at radius 2 is 1.83 bits per heavy atom. The molecule has 23 heavy (non-hydrogen) atoms. The summed E-state index contributed by atoms with van der Waals surface area (Å²) >= 11 is 3.52. The van der Waals surface area contributed by atoms with Gasteiger partial charge in [-0.15, -0.1) is 0 Å². The van der Waals surface area contributed by atoms with Crippen molar-refractivity contribution < 1.29 is 0 Å². The third-order valence-corrected chi connectivity index (χ3v) is 4.93. The fraction of sp³-hybridized carbons (Fsp3) is 0.211. The highest BCUT2D eigenvalue weighted by Crippen LogP contribution is 2.28. The first-order chi connectivity index (χ1) is 11.3. The van der Waals surface area contributed by atoms with Crippen LogP contribution in [-0.2, 0) is 13.1 Å². The minimum Gasteiger partial charge on any atom is -0.325 e. The van der Waals surface area contributed by atoms with Gasteiger partial charge in [0, 0.05) is 30.3 Å². The third-order valence-electron chi connectivity index (χ3n) is 4.40. The van der Waals surface area contributed by atoms with Crippen molar-refractivity contribution >= 4 is 15.9 Å². The van der Waals surface area contributed by atoms with Gasteiger partial charge in [-0.05, 0) is 23.3 Å². The molecule has 4 rings (SSSR count). The summed E-state index contributed by atoms with van der Waals surface area (Å²) in [6, 6.07) is 19.6. The summed E-state index contributed by atoms with van der Waals surface area (Å²) in [5, 5.41) is 0. The number of nitrogens with zero attached hydrogens (tertiary/aromatic N) is 3. The van der Waals surface area contributed by atoms with Crippen LogP contribution in [0.25, 0.3) is 0 Å². The molecule has 116 valence electrons. The monoisotopic (exact) mass is 367 g/mol. The van der Waals surface area contributed by atoms with Crippen molar-refractivity contribution in [2.24, 2.45) is 0 Å².